The van der Waals surface area contributed by atoms with Gasteiger partial charge < -0.3 is 10.5 Å². The number of aromatic nitrogens is 3. The number of benzene rings is 1. The van der Waals surface area contributed by atoms with Gasteiger partial charge in [-0.15, -0.1) is 0 Å². The van der Waals surface area contributed by atoms with Crippen LogP contribution in [0.25, 0.3) is 11.1 Å². The van der Waals surface area contributed by atoms with Gasteiger partial charge in [-0.1, -0.05) is 19.1 Å². The van der Waals surface area contributed by atoms with Crippen molar-refractivity contribution in [2.45, 2.75) is 90.0 Å². The van der Waals surface area contributed by atoms with E-state index in [1.807, 2.05) is 12.4 Å². The van der Waals surface area contributed by atoms with E-state index in [-0.39, 0.29) is 5.54 Å². The van der Waals surface area contributed by atoms with Crippen molar-refractivity contribution in [2.75, 3.05) is 12.8 Å². The Morgan fingerprint density at radius 1 is 1.09 bits per heavy atom. The van der Waals surface area contributed by atoms with Crippen LogP contribution in [0.5, 0.6) is 5.75 Å². The molecule has 2 N–H and O–H groups in total. The number of ether oxygens (including phenoxy) is 1. The summed E-state index contributed by atoms with van der Waals surface area (Å²) in [5.41, 5.74) is 13.4. The van der Waals surface area contributed by atoms with Crippen molar-refractivity contribution >= 4 is 5.82 Å². The Bertz CT molecular complexity index is 1200. The van der Waals surface area contributed by atoms with Gasteiger partial charge in [0.1, 0.15) is 11.6 Å². The minimum absolute atomic E-state index is 0.00838. The van der Waals surface area contributed by atoms with Gasteiger partial charge in [0.05, 0.1) is 18.8 Å². The minimum atomic E-state index is -0.00838. The lowest BCUT2D eigenvalue weighted by molar-refractivity contribution is 0.0402. The van der Waals surface area contributed by atoms with E-state index in [0.29, 0.717) is 16.6 Å². The van der Waals surface area contributed by atoms with Crippen LogP contribution < -0.4 is 10.5 Å². The van der Waals surface area contributed by atoms with Crippen LogP contribution in [-0.4, -0.2) is 21.9 Å². The molecule has 3 saturated carbocycles. The molecule has 0 aliphatic heterocycles. The number of anilines is 1. The highest BCUT2D eigenvalue weighted by atomic mass is 16.5. The van der Waals surface area contributed by atoms with Gasteiger partial charge in [0.25, 0.3) is 0 Å². The van der Waals surface area contributed by atoms with Crippen LogP contribution in [0.1, 0.15) is 82.4 Å². The molecular formula is C30H40N4O. The fourth-order valence-electron chi connectivity index (χ4n) is 6.46. The van der Waals surface area contributed by atoms with Crippen molar-refractivity contribution in [1.82, 2.24) is 14.8 Å². The Morgan fingerprint density at radius 2 is 1.80 bits per heavy atom. The second-order valence-corrected chi connectivity index (χ2v) is 11.7. The molecule has 2 aromatic heterocycles. The number of rotatable bonds is 7. The van der Waals surface area contributed by atoms with Gasteiger partial charge in [-0.2, -0.15) is 5.10 Å². The zero-order valence-electron chi connectivity index (χ0n) is 22.0. The molecule has 3 aliphatic rings. The Hall–Kier alpha value is -2.82. The van der Waals surface area contributed by atoms with E-state index in [9.17, 15) is 0 Å². The van der Waals surface area contributed by atoms with Gasteiger partial charge >= 0.3 is 0 Å². The van der Waals surface area contributed by atoms with Crippen molar-refractivity contribution in [1.29, 1.82) is 0 Å². The van der Waals surface area contributed by atoms with E-state index in [1.165, 1.54) is 60.8 Å². The molecule has 2 bridgehead atoms. The maximum absolute atomic E-state index is 6.53. The molecular weight excluding hydrogens is 432 g/mol. The van der Waals surface area contributed by atoms with Gasteiger partial charge in [-0.05, 0) is 112 Å². The summed E-state index contributed by atoms with van der Waals surface area (Å²) in [7, 11) is 1.75. The van der Waals surface area contributed by atoms with E-state index in [1.54, 1.807) is 7.11 Å². The van der Waals surface area contributed by atoms with Crippen molar-refractivity contribution in [2.24, 2.45) is 5.41 Å². The summed E-state index contributed by atoms with van der Waals surface area (Å²) in [4.78, 5) is 4.51. The van der Waals surface area contributed by atoms with Crippen LogP contribution >= 0.6 is 0 Å². The molecule has 0 spiro atoms. The molecule has 3 aliphatic carbocycles. The lowest BCUT2D eigenvalue weighted by atomic mass is 9.50. The third kappa shape index (κ3) is 4.13. The standard InChI is InChI=1S/C30H40N4O/c1-6-28(3,4)34-20-22(19-33-34)24-9-16-32-27(31)25(24)18-29-10-13-30(14-11-29,15-12-29)23-7-8-26(35-5)21(2)17-23/h7-9,16-17,19-20H,6,10-15,18H2,1-5H3,(H2,31,32). The largest absolute Gasteiger partial charge is 0.496 e. The summed E-state index contributed by atoms with van der Waals surface area (Å²) in [6, 6.07) is 8.94. The van der Waals surface area contributed by atoms with Gasteiger partial charge in [0.15, 0.2) is 0 Å². The van der Waals surface area contributed by atoms with E-state index >= 15 is 0 Å². The van der Waals surface area contributed by atoms with Crippen molar-refractivity contribution < 1.29 is 4.74 Å². The Labute approximate surface area is 210 Å². The number of hydrogen-bond donors (Lipinski definition) is 1. The average molecular weight is 473 g/mol. The Morgan fingerprint density at radius 3 is 2.43 bits per heavy atom. The van der Waals surface area contributed by atoms with Crippen molar-refractivity contribution in [3.8, 4) is 16.9 Å². The van der Waals surface area contributed by atoms with Crippen LogP contribution in [0.15, 0.2) is 42.9 Å². The molecule has 6 rings (SSSR count). The fraction of sp³-hybridized carbons (Fsp3) is 0.533. The highest BCUT2D eigenvalue weighted by molar-refractivity contribution is 5.70. The smallest absolute Gasteiger partial charge is 0.127 e. The summed E-state index contributed by atoms with van der Waals surface area (Å²) in [6.07, 6.45) is 15.5. The lowest BCUT2D eigenvalue weighted by Crippen LogP contribution is -2.45. The summed E-state index contributed by atoms with van der Waals surface area (Å²) in [5.74, 6) is 1.66. The van der Waals surface area contributed by atoms with E-state index in [2.05, 4.69) is 67.8 Å². The zero-order valence-corrected chi connectivity index (χ0v) is 22.0. The van der Waals surface area contributed by atoms with Gasteiger partial charge in [-0.3, -0.25) is 4.68 Å². The van der Waals surface area contributed by atoms with Crippen LogP contribution in [0, 0.1) is 12.3 Å². The van der Waals surface area contributed by atoms with Gasteiger partial charge in [0, 0.05) is 23.5 Å². The predicted molar refractivity (Wildman–Crippen MR) is 143 cm³/mol. The summed E-state index contributed by atoms with van der Waals surface area (Å²) in [5, 5.41) is 4.71. The Kier molecular flexibility index (Phi) is 5.93. The van der Waals surface area contributed by atoms with E-state index in [4.69, 9.17) is 15.6 Å². The lowest BCUT2D eigenvalue weighted by Gasteiger charge is -2.54. The summed E-state index contributed by atoms with van der Waals surface area (Å²) < 4.78 is 7.60. The molecule has 0 unspecified atom stereocenters. The molecule has 3 fully saturated rings. The van der Waals surface area contributed by atoms with Crippen molar-refractivity contribution in [3.05, 3.63) is 59.5 Å². The number of pyridine rings is 1. The van der Waals surface area contributed by atoms with Gasteiger partial charge in [0.2, 0.25) is 0 Å². The molecule has 3 aromatic rings. The summed E-state index contributed by atoms with van der Waals surface area (Å²) >= 11 is 0. The molecule has 0 radical (unpaired) electrons. The number of nitrogens with two attached hydrogens (primary N) is 1. The average Bonchev–Trinajstić information content (AvgIpc) is 3.37. The first-order valence-electron chi connectivity index (χ1n) is 13.1. The highest BCUT2D eigenvalue weighted by Crippen LogP contribution is 2.59. The number of aryl methyl sites for hydroxylation is 1. The number of hydrogen-bond acceptors (Lipinski definition) is 4. The second kappa shape index (κ2) is 8.69. The third-order valence-electron chi connectivity index (χ3n) is 9.43. The normalized spacial score (nSPS) is 24.0. The first-order chi connectivity index (χ1) is 16.7. The van der Waals surface area contributed by atoms with Gasteiger partial charge in [-0.25, -0.2) is 4.98 Å². The molecule has 0 atom stereocenters. The Balaban J connectivity index is 1.40. The number of nitrogens with zero attached hydrogens (tertiary/aromatic N) is 3. The van der Waals surface area contributed by atoms with Crippen molar-refractivity contribution in [3.63, 3.8) is 0 Å². The number of methoxy groups -OCH3 is 1. The third-order valence-corrected chi connectivity index (χ3v) is 9.43. The van der Waals surface area contributed by atoms with Crippen LogP contribution in [-0.2, 0) is 17.4 Å². The SMILES string of the molecule is CCC(C)(C)n1cc(-c2ccnc(N)c2CC23CCC(c4ccc(OC)c(C)c4)(CC2)CC3)cn1. The van der Waals surface area contributed by atoms with Crippen LogP contribution in [0.4, 0.5) is 5.82 Å². The molecule has 35 heavy (non-hydrogen) atoms. The molecule has 5 nitrogen and oxygen atoms in total. The molecule has 0 amide bonds. The molecule has 5 heteroatoms. The second-order valence-electron chi connectivity index (χ2n) is 11.7. The number of nitrogen functional groups attached to an aromatic ring is 1. The maximum atomic E-state index is 6.53. The molecule has 0 saturated heterocycles. The van der Waals surface area contributed by atoms with E-state index in [0.717, 1.165) is 24.2 Å². The van der Waals surface area contributed by atoms with E-state index < -0.39 is 0 Å². The molecule has 2 heterocycles. The first kappa shape index (κ1) is 23.9. The maximum Gasteiger partial charge on any atom is 0.127 e. The highest BCUT2D eigenvalue weighted by Gasteiger charge is 2.49. The molecule has 186 valence electrons. The number of fused-ring (bicyclic) bond motifs is 3. The van der Waals surface area contributed by atoms with Crippen LogP contribution in [0.2, 0.25) is 0 Å². The molecule has 1 aromatic carbocycles. The topological polar surface area (TPSA) is 66.0 Å². The zero-order chi connectivity index (χ0) is 24.8. The monoisotopic (exact) mass is 472 g/mol. The fourth-order valence-corrected chi connectivity index (χ4v) is 6.46. The quantitative estimate of drug-likeness (QED) is 0.409. The van der Waals surface area contributed by atoms with Crippen LogP contribution in [0.3, 0.4) is 0 Å². The minimum Gasteiger partial charge on any atom is -0.496 e. The summed E-state index contributed by atoms with van der Waals surface area (Å²) in [6.45, 7) is 8.82. The predicted octanol–water partition coefficient (Wildman–Crippen LogP) is 6.82. The first-order valence-corrected chi connectivity index (χ1v) is 13.1.